The third-order valence-electron chi connectivity index (χ3n) is 4.08. The van der Waals surface area contributed by atoms with Gasteiger partial charge in [-0.15, -0.1) is 0 Å². The number of carbonyl (C=O) groups is 1. The second-order valence-electron chi connectivity index (χ2n) is 6.68. The minimum absolute atomic E-state index is 0.189. The highest BCUT2D eigenvalue weighted by Gasteiger charge is 1.97. The topological polar surface area (TPSA) is 29.1 Å². The smallest absolute Gasteiger partial charge is 0.220 e. The predicted octanol–water partition coefficient (Wildman–Crippen LogP) is 7.05. The van der Waals surface area contributed by atoms with Gasteiger partial charge in [0.2, 0.25) is 5.91 Å². The van der Waals surface area contributed by atoms with Crippen LogP contribution in [0.5, 0.6) is 0 Å². The Kier molecular flexibility index (Phi) is 20.2. The molecule has 1 N–H and O–H groups in total. The Hall–Kier alpha value is -1.57. The Labute approximate surface area is 162 Å². The van der Waals surface area contributed by atoms with Crippen LogP contribution in [0.3, 0.4) is 0 Å². The molecule has 1 amide bonds. The molecule has 0 aliphatic rings. The molecule has 0 atom stereocenters. The van der Waals surface area contributed by atoms with E-state index >= 15 is 0 Å². The van der Waals surface area contributed by atoms with Crippen molar-refractivity contribution in [3.63, 3.8) is 0 Å². The molecular weight excluding hydrogens is 318 g/mol. The van der Waals surface area contributed by atoms with Crippen LogP contribution in [-0.2, 0) is 4.79 Å². The third kappa shape index (κ3) is 20.5. The summed E-state index contributed by atoms with van der Waals surface area (Å²) >= 11 is 0. The van der Waals surface area contributed by atoms with E-state index in [1.807, 2.05) is 0 Å². The van der Waals surface area contributed by atoms with Crippen LogP contribution >= 0.6 is 0 Å². The minimum atomic E-state index is 0.189. The standard InChI is InChI=1S/C24H41NO/c1-3-5-7-8-9-10-11-12-13-14-15-16-17-18-19-20-21-22-24(26)25-23-6-4-2/h9-10,12-13,15-16,18-19H,3-8,11,14,17,20-23H2,1-2H3,(H,25,26)/b10-9-,13-12-,16-15-,19-18-. The lowest BCUT2D eigenvalue weighted by molar-refractivity contribution is -0.121. The van der Waals surface area contributed by atoms with Gasteiger partial charge in [-0.05, 0) is 51.4 Å². The van der Waals surface area contributed by atoms with Crippen LogP contribution in [0.1, 0.15) is 90.9 Å². The second kappa shape index (κ2) is 21.5. The fourth-order valence-corrected chi connectivity index (χ4v) is 2.43. The molecule has 0 fully saturated rings. The molecule has 0 aliphatic carbocycles. The number of allylic oxidation sites excluding steroid dienone is 8. The quantitative estimate of drug-likeness (QED) is 0.219. The summed E-state index contributed by atoms with van der Waals surface area (Å²) in [6, 6.07) is 0. The molecule has 0 bridgehead atoms. The summed E-state index contributed by atoms with van der Waals surface area (Å²) in [6.45, 7) is 5.20. The average molecular weight is 360 g/mol. The molecule has 0 unspecified atom stereocenters. The van der Waals surface area contributed by atoms with Gasteiger partial charge in [0, 0.05) is 13.0 Å². The first-order valence-corrected chi connectivity index (χ1v) is 10.7. The van der Waals surface area contributed by atoms with E-state index in [2.05, 4.69) is 67.8 Å². The molecule has 0 aromatic rings. The van der Waals surface area contributed by atoms with Crippen LogP contribution in [-0.4, -0.2) is 12.5 Å². The zero-order valence-electron chi connectivity index (χ0n) is 17.2. The van der Waals surface area contributed by atoms with Crippen molar-refractivity contribution in [3.05, 3.63) is 48.6 Å². The summed E-state index contributed by atoms with van der Waals surface area (Å²) in [5.74, 6) is 0.189. The summed E-state index contributed by atoms with van der Waals surface area (Å²) in [5.41, 5.74) is 0. The molecule has 0 heterocycles. The lowest BCUT2D eigenvalue weighted by Crippen LogP contribution is -2.23. The molecule has 2 nitrogen and oxygen atoms in total. The van der Waals surface area contributed by atoms with Gasteiger partial charge in [-0.1, -0.05) is 81.7 Å². The van der Waals surface area contributed by atoms with Crippen molar-refractivity contribution in [3.8, 4) is 0 Å². The van der Waals surface area contributed by atoms with E-state index in [-0.39, 0.29) is 5.91 Å². The van der Waals surface area contributed by atoms with Gasteiger partial charge in [0.15, 0.2) is 0 Å². The number of hydrogen-bond acceptors (Lipinski definition) is 1. The Morgan fingerprint density at radius 1 is 0.654 bits per heavy atom. The average Bonchev–Trinajstić information content (AvgIpc) is 2.64. The maximum atomic E-state index is 11.5. The number of amides is 1. The van der Waals surface area contributed by atoms with Gasteiger partial charge in [0.1, 0.15) is 0 Å². The van der Waals surface area contributed by atoms with Gasteiger partial charge in [0.25, 0.3) is 0 Å². The molecule has 0 radical (unpaired) electrons. The lowest BCUT2D eigenvalue weighted by Gasteiger charge is -2.02. The molecule has 0 aromatic heterocycles. The summed E-state index contributed by atoms with van der Waals surface area (Å²) in [6.07, 6.45) is 30.8. The fraction of sp³-hybridized carbons (Fsp3) is 0.625. The Bertz CT molecular complexity index is 418. The Balaban J connectivity index is 3.44. The first-order valence-electron chi connectivity index (χ1n) is 10.7. The van der Waals surface area contributed by atoms with Crippen molar-refractivity contribution in [2.45, 2.75) is 90.9 Å². The minimum Gasteiger partial charge on any atom is -0.356 e. The van der Waals surface area contributed by atoms with E-state index in [1.165, 1.54) is 25.7 Å². The van der Waals surface area contributed by atoms with Crippen LogP contribution in [0.2, 0.25) is 0 Å². The SMILES string of the molecule is CCCCC/C=C\C/C=C\C/C=C\C/C=C\CCCC(=O)NCCCC. The molecule has 0 saturated carbocycles. The van der Waals surface area contributed by atoms with E-state index in [0.29, 0.717) is 6.42 Å². The Morgan fingerprint density at radius 2 is 1.15 bits per heavy atom. The zero-order chi connectivity index (χ0) is 19.1. The summed E-state index contributed by atoms with van der Waals surface area (Å²) in [5, 5.41) is 2.95. The van der Waals surface area contributed by atoms with Crippen molar-refractivity contribution in [1.29, 1.82) is 0 Å². The highest BCUT2D eigenvalue weighted by Crippen LogP contribution is 2.01. The molecule has 0 spiro atoms. The number of hydrogen-bond donors (Lipinski definition) is 1. The molecule has 0 aliphatic heterocycles. The van der Waals surface area contributed by atoms with Gasteiger partial charge in [-0.2, -0.15) is 0 Å². The molecular formula is C24H41NO. The Morgan fingerprint density at radius 3 is 1.69 bits per heavy atom. The van der Waals surface area contributed by atoms with E-state index in [9.17, 15) is 4.79 Å². The van der Waals surface area contributed by atoms with Crippen LogP contribution < -0.4 is 5.32 Å². The normalized spacial score (nSPS) is 12.2. The maximum absolute atomic E-state index is 11.5. The van der Waals surface area contributed by atoms with Crippen molar-refractivity contribution in [1.82, 2.24) is 5.32 Å². The van der Waals surface area contributed by atoms with Crippen LogP contribution in [0.4, 0.5) is 0 Å². The largest absolute Gasteiger partial charge is 0.356 e. The molecule has 2 heteroatoms. The highest BCUT2D eigenvalue weighted by atomic mass is 16.1. The van der Waals surface area contributed by atoms with Crippen molar-refractivity contribution < 1.29 is 4.79 Å². The van der Waals surface area contributed by atoms with Crippen molar-refractivity contribution >= 4 is 5.91 Å². The zero-order valence-corrected chi connectivity index (χ0v) is 17.2. The van der Waals surface area contributed by atoms with Gasteiger partial charge < -0.3 is 5.32 Å². The summed E-state index contributed by atoms with van der Waals surface area (Å²) < 4.78 is 0. The van der Waals surface area contributed by atoms with Gasteiger partial charge >= 0.3 is 0 Å². The van der Waals surface area contributed by atoms with E-state index in [4.69, 9.17) is 0 Å². The fourth-order valence-electron chi connectivity index (χ4n) is 2.43. The number of carbonyl (C=O) groups excluding carboxylic acids is 1. The molecule has 0 rings (SSSR count). The van der Waals surface area contributed by atoms with E-state index in [1.54, 1.807) is 0 Å². The highest BCUT2D eigenvalue weighted by molar-refractivity contribution is 5.75. The van der Waals surface area contributed by atoms with Crippen LogP contribution in [0, 0.1) is 0 Å². The summed E-state index contributed by atoms with van der Waals surface area (Å²) in [4.78, 5) is 11.5. The van der Waals surface area contributed by atoms with Gasteiger partial charge in [-0.25, -0.2) is 0 Å². The van der Waals surface area contributed by atoms with E-state index < -0.39 is 0 Å². The van der Waals surface area contributed by atoms with Crippen molar-refractivity contribution in [2.75, 3.05) is 6.54 Å². The first-order chi connectivity index (χ1) is 12.8. The number of unbranched alkanes of at least 4 members (excludes halogenated alkanes) is 5. The third-order valence-corrected chi connectivity index (χ3v) is 4.08. The van der Waals surface area contributed by atoms with Gasteiger partial charge in [-0.3, -0.25) is 4.79 Å². The maximum Gasteiger partial charge on any atom is 0.220 e. The number of rotatable bonds is 17. The molecule has 148 valence electrons. The van der Waals surface area contributed by atoms with Crippen LogP contribution in [0.15, 0.2) is 48.6 Å². The van der Waals surface area contributed by atoms with E-state index in [0.717, 1.165) is 51.5 Å². The monoisotopic (exact) mass is 359 g/mol. The molecule has 0 saturated heterocycles. The van der Waals surface area contributed by atoms with Crippen LogP contribution in [0.25, 0.3) is 0 Å². The first kappa shape index (κ1) is 24.4. The molecule has 0 aromatic carbocycles. The predicted molar refractivity (Wildman–Crippen MR) is 116 cm³/mol. The van der Waals surface area contributed by atoms with Crippen molar-refractivity contribution in [2.24, 2.45) is 0 Å². The second-order valence-corrected chi connectivity index (χ2v) is 6.68. The number of nitrogens with one attached hydrogen (secondary N) is 1. The molecule has 26 heavy (non-hydrogen) atoms. The summed E-state index contributed by atoms with van der Waals surface area (Å²) in [7, 11) is 0. The van der Waals surface area contributed by atoms with Gasteiger partial charge in [0.05, 0.1) is 0 Å². The lowest BCUT2D eigenvalue weighted by atomic mass is 10.2.